The minimum Gasteiger partial charge on any atom is -0.494 e. The number of nitrogens with zero attached hydrogens (tertiary/aromatic N) is 5. The summed E-state index contributed by atoms with van der Waals surface area (Å²) < 4.78 is 20.1. The van der Waals surface area contributed by atoms with Gasteiger partial charge in [-0.05, 0) is 31.2 Å². The highest BCUT2D eigenvalue weighted by Crippen LogP contribution is 2.23. The highest BCUT2D eigenvalue weighted by Gasteiger charge is 2.28. The molecular weight excluding hydrogens is 373 g/mol. The van der Waals surface area contributed by atoms with E-state index >= 15 is 0 Å². The Morgan fingerprint density at radius 2 is 2.00 bits per heavy atom. The largest absolute Gasteiger partial charge is 0.494 e. The van der Waals surface area contributed by atoms with Crippen molar-refractivity contribution in [1.82, 2.24) is 19.7 Å². The molecule has 0 N–H and O–H groups in total. The van der Waals surface area contributed by atoms with Gasteiger partial charge in [0.25, 0.3) is 5.91 Å². The van der Waals surface area contributed by atoms with Gasteiger partial charge >= 0.3 is 0 Å². The molecule has 2 aromatic heterocycles. The van der Waals surface area contributed by atoms with E-state index in [1.165, 1.54) is 12.3 Å². The fourth-order valence-corrected chi connectivity index (χ4v) is 3.59. The van der Waals surface area contributed by atoms with Crippen LogP contribution in [0.3, 0.4) is 0 Å². The van der Waals surface area contributed by atoms with Gasteiger partial charge in [0, 0.05) is 31.9 Å². The number of carbonyl (C=O) groups is 1. The second-order valence-electron chi connectivity index (χ2n) is 6.97. The summed E-state index contributed by atoms with van der Waals surface area (Å²) in [5.74, 6) is 0.977. The number of anilines is 1. The number of ether oxygens (including phenoxy) is 1. The molecule has 1 aliphatic heterocycles. The van der Waals surface area contributed by atoms with Gasteiger partial charge in [-0.25, -0.2) is 14.1 Å². The van der Waals surface area contributed by atoms with Gasteiger partial charge in [0.05, 0.1) is 25.1 Å². The Morgan fingerprint density at radius 3 is 2.72 bits per heavy atom. The van der Waals surface area contributed by atoms with Crippen molar-refractivity contribution in [2.75, 3.05) is 31.6 Å². The molecule has 1 aliphatic rings. The van der Waals surface area contributed by atoms with Gasteiger partial charge in [-0.15, -0.1) is 0 Å². The molecule has 150 valence electrons. The molecule has 0 saturated carbocycles. The maximum Gasteiger partial charge on any atom is 0.257 e. The van der Waals surface area contributed by atoms with Crippen molar-refractivity contribution in [3.05, 3.63) is 66.4 Å². The van der Waals surface area contributed by atoms with E-state index in [4.69, 9.17) is 4.74 Å². The van der Waals surface area contributed by atoms with Crippen LogP contribution in [-0.2, 0) is 0 Å². The van der Waals surface area contributed by atoms with Crippen LogP contribution in [0.5, 0.6) is 5.75 Å². The van der Waals surface area contributed by atoms with Crippen LogP contribution in [0.4, 0.5) is 10.2 Å². The third kappa shape index (κ3) is 3.78. The fraction of sp³-hybridized carbons (Fsp3) is 0.286. The number of benzene rings is 1. The summed E-state index contributed by atoms with van der Waals surface area (Å²) in [5, 5.41) is 4.33. The van der Waals surface area contributed by atoms with Crippen molar-refractivity contribution >= 4 is 11.7 Å². The standard InChI is InChI=1S/C21H22FN5O2/c1-15-13-25(9-10-26(15)20-8-7-17(22)12-23-20)21(28)16-11-24-27(14-16)18-5-3-4-6-19(18)29-2/h3-8,11-12,14-15H,9-10,13H2,1-2H3. The lowest BCUT2D eigenvalue weighted by Crippen LogP contribution is -2.54. The number of pyridine rings is 1. The Labute approximate surface area is 168 Å². The molecule has 1 atom stereocenters. The Kier molecular flexibility index (Phi) is 5.16. The zero-order valence-electron chi connectivity index (χ0n) is 16.3. The number of piperazine rings is 1. The highest BCUT2D eigenvalue weighted by molar-refractivity contribution is 5.94. The molecule has 0 bridgehead atoms. The second kappa shape index (κ2) is 7.90. The lowest BCUT2D eigenvalue weighted by atomic mass is 10.1. The molecule has 3 aromatic rings. The zero-order valence-corrected chi connectivity index (χ0v) is 16.3. The van der Waals surface area contributed by atoms with Crippen molar-refractivity contribution in [1.29, 1.82) is 0 Å². The number of carbonyl (C=O) groups excluding carboxylic acids is 1. The van der Waals surface area contributed by atoms with E-state index in [9.17, 15) is 9.18 Å². The normalized spacial score (nSPS) is 16.7. The summed E-state index contributed by atoms with van der Waals surface area (Å²) in [7, 11) is 1.60. The molecule has 1 amide bonds. The number of para-hydroxylation sites is 2. The van der Waals surface area contributed by atoms with Crippen LogP contribution in [0.1, 0.15) is 17.3 Å². The van der Waals surface area contributed by atoms with E-state index in [1.54, 1.807) is 30.3 Å². The number of rotatable bonds is 4. The third-order valence-electron chi connectivity index (χ3n) is 5.08. The van der Waals surface area contributed by atoms with E-state index in [2.05, 4.69) is 15.0 Å². The first-order chi connectivity index (χ1) is 14.1. The SMILES string of the molecule is COc1ccccc1-n1cc(C(=O)N2CCN(c3ccc(F)cn3)C(C)C2)cn1. The van der Waals surface area contributed by atoms with Gasteiger partial charge in [-0.3, -0.25) is 4.79 Å². The van der Waals surface area contributed by atoms with E-state index in [0.717, 1.165) is 11.5 Å². The van der Waals surface area contributed by atoms with Crippen LogP contribution in [0.25, 0.3) is 5.69 Å². The van der Waals surface area contributed by atoms with Crippen molar-refractivity contribution in [3.63, 3.8) is 0 Å². The van der Waals surface area contributed by atoms with Crippen molar-refractivity contribution in [3.8, 4) is 11.4 Å². The first-order valence-corrected chi connectivity index (χ1v) is 9.42. The molecular formula is C21H22FN5O2. The molecule has 0 spiro atoms. The van der Waals surface area contributed by atoms with Crippen molar-refractivity contribution < 1.29 is 13.9 Å². The van der Waals surface area contributed by atoms with Gasteiger partial charge in [0.15, 0.2) is 0 Å². The van der Waals surface area contributed by atoms with E-state index < -0.39 is 0 Å². The molecule has 0 radical (unpaired) electrons. The summed E-state index contributed by atoms with van der Waals surface area (Å²) >= 11 is 0. The fourth-order valence-electron chi connectivity index (χ4n) is 3.59. The molecule has 1 saturated heterocycles. The molecule has 4 rings (SSSR count). The van der Waals surface area contributed by atoms with Gasteiger partial charge in [0.1, 0.15) is 23.1 Å². The van der Waals surface area contributed by atoms with Crippen LogP contribution >= 0.6 is 0 Å². The lowest BCUT2D eigenvalue weighted by molar-refractivity contribution is 0.0726. The molecule has 1 aromatic carbocycles. The first-order valence-electron chi connectivity index (χ1n) is 9.42. The maximum absolute atomic E-state index is 13.1. The summed E-state index contributed by atoms with van der Waals surface area (Å²) in [6.07, 6.45) is 4.51. The van der Waals surface area contributed by atoms with E-state index in [1.807, 2.05) is 36.1 Å². The lowest BCUT2D eigenvalue weighted by Gasteiger charge is -2.40. The quantitative estimate of drug-likeness (QED) is 0.680. The second-order valence-corrected chi connectivity index (χ2v) is 6.97. The zero-order chi connectivity index (χ0) is 20.4. The number of aromatic nitrogens is 3. The van der Waals surface area contributed by atoms with Crippen molar-refractivity contribution in [2.45, 2.75) is 13.0 Å². The summed E-state index contributed by atoms with van der Waals surface area (Å²) in [6, 6.07) is 10.6. The van der Waals surface area contributed by atoms with Gasteiger partial charge in [-0.1, -0.05) is 12.1 Å². The number of amides is 1. The molecule has 1 unspecified atom stereocenters. The van der Waals surface area contributed by atoms with Crippen LogP contribution in [0, 0.1) is 5.82 Å². The summed E-state index contributed by atoms with van der Waals surface area (Å²) in [5.41, 5.74) is 1.30. The van der Waals surface area contributed by atoms with E-state index in [-0.39, 0.29) is 17.8 Å². The topological polar surface area (TPSA) is 63.5 Å². The minimum atomic E-state index is -0.359. The van der Waals surface area contributed by atoms with Gasteiger partial charge < -0.3 is 14.5 Å². The van der Waals surface area contributed by atoms with Gasteiger partial charge in [0.2, 0.25) is 0 Å². The minimum absolute atomic E-state index is 0.0647. The Morgan fingerprint density at radius 1 is 1.17 bits per heavy atom. The molecule has 7 nitrogen and oxygen atoms in total. The molecule has 3 heterocycles. The van der Waals surface area contributed by atoms with Crippen LogP contribution < -0.4 is 9.64 Å². The Bertz CT molecular complexity index is 1000. The third-order valence-corrected chi connectivity index (χ3v) is 5.08. The monoisotopic (exact) mass is 395 g/mol. The molecule has 1 fully saturated rings. The molecule has 8 heteroatoms. The Balaban J connectivity index is 1.47. The van der Waals surface area contributed by atoms with Crippen molar-refractivity contribution in [2.24, 2.45) is 0 Å². The van der Waals surface area contributed by atoms with Crippen LogP contribution in [0.15, 0.2) is 55.0 Å². The number of methoxy groups -OCH3 is 1. The highest BCUT2D eigenvalue weighted by atomic mass is 19.1. The van der Waals surface area contributed by atoms with Gasteiger partial charge in [-0.2, -0.15) is 5.10 Å². The predicted octanol–water partition coefficient (Wildman–Crippen LogP) is 2.77. The average molecular weight is 395 g/mol. The predicted molar refractivity (Wildman–Crippen MR) is 107 cm³/mol. The van der Waals surface area contributed by atoms with Crippen LogP contribution in [-0.4, -0.2) is 58.4 Å². The Hall–Kier alpha value is -3.42. The first kappa shape index (κ1) is 18.9. The summed E-state index contributed by atoms with van der Waals surface area (Å²) in [6.45, 7) is 3.77. The molecule has 0 aliphatic carbocycles. The maximum atomic E-state index is 13.1. The number of hydrogen-bond donors (Lipinski definition) is 0. The summed E-state index contributed by atoms with van der Waals surface area (Å²) in [4.78, 5) is 21.0. The smallest absolute Gasteiger partial charge is 0.257 e. The number of halogens is 1. The number of hydrogen-bond acceptors (Lipinski definition) is 5. The van der Waals surface area contributed by atoms with E-state index in [0.29, 0.717) is 30.9 Å². The average Bonchev–Trinajstić information content (AvgIpc) is 3.24. The molecule has 29 heavy (non-hydrogen) atoms. The van der Waals surface area contributed by atoms with Crippen LogP contribution in [0.2, 0.25) is 0 Å².